The van der Waals surface area contributed by atoms with Gasteiger partial charge >= 0.3 is 5.97 Å². The molecule has 0 fully saturated rings. The fraction of sp³-hybridized carbons (Fsp3) is 0. The van der Waals surface area contributed by atoms with Crippen molar-refractivity contribution in [3.05, 3.63) is 92.6 Å². The molecule has 6 nitrogen and oxygen atoms in total. The molecule has 0 unspecified atom stereocenters. The molecule has 0 radical (unpaired) electrons. The summed E-state index contributed by atoms with van der Waals surface area (Å²) >= 11 is 6.03. The minimum Gasteiger partial charge on any atom is -0.402 e. The molecule has 0 spiro atoms. The number of rotatable bonds is 4. The van der Waals surface area contributed by atoms with E-state index in [2.05, 4.69) is 4.99 Å². The summed E-state index contributed by atoms with van der Waals surface area (Å²) in [6.07, 6.45) is 5.00. The Labute approximate surface area is 147 Å². The number of carbonyl (C=O) groups is 1. The Morgan fingerprint density at radius 3 is 2.64 bits per heavy atom. The van der Waals surface area contributed by atoms with Gasteiger partial charge in [0.25, 0.3) is 5.69 Å². The number of halogens is 1. The van der Waals surface area contributed by atoms with Crippen molar-refractivity contribution in [1.29, 1.82) is 0 Å². The van der Waals surface area contributed by atoms with Crippen LogP contribution in [0, 0.1) is 10.1 Å². The number of allylic oxidation sites excluding steroid dienone is 2. The Balaban J connectivity index is 1.88. The predicted octanol–water partition coefficient (Wildman–Crippen LogP) is 4.15. The van der Waals surface area contributed by atoms with Crippen LogP contribution in [0.15, 0.2) is 71.4 Å². The first-order chi connectivity index (χ1) is 12.0. The van der Waals surface area contributed by atoms with E-state index in [-0.39, 0.29) is 27.9 Å². The first kappa shape index (κ1) is 16.6. The van der Waals surface area contributed by atoms with Gasteiger partial charge in [-0.25, -0.2) is 9.79 Å². The zero-order chi connectivity index (χ0) is 17.8. The van der Waals surface area contributed by atoms with E-state index in [4.69, 9.17) is 16.3 Å². The smallest absolute Gasteiger partial charge is 0.363 e. The van der Waals surface area contributed by atoms with E-state index >= 15 is 0 Å². The number of nitro benzene ring substituents is 1. The second-order valence-electron chi connectivity index (χ2n) is 5.05. The highest BCUT2D eigenvalue weighted by Crippen LogP contribution is 2.26. The molecule has 1 aliphatic heterocycles. The molecule has 0 aromatic heterocycles. The van der Waals surface area contributed by atoms with Gasteiger partial charge in [0.15, 0.2) is 5.70 Å². The lowest BCUT2D eigenvalue weighted by Crippen LogP contribution is -2.06. The molecule has 124 valence electrons. The minimum absolute atomic E-state index is 0.0574. The lowest BCUT2D eigenvalue weighted by atomic mass is 10.2. The second kappa shape index (κ2) is 7.11. The number of carbonyl (C=O) groups excluding carboxylic acids is 1. The molecule has 0 N–H and O–H groups in total. The van der Waals surface area contributed by atoms with Gasteiger partial charge in [0.05, 0.1) is 15.5 Å². The van der Waals surface area contributed by atoms with Crippen LogP contribution < -0.4 is 0 Å². The number of hydrogen-bond acceptors (Lipinski definition) is 5. The highest BCUT2D eigenvalue weighted by atomic mass is 35.5. The second-order valence-corrected chi connectivity index (χ2v) is 5.46. The van der Waals surface area contributed by atoms with Crippen molar-refractivity contribution < 1.29 is 14.5 Å². The molecule has 0 aliphatic carbocycles. The van der Waals surface area contributed by atoms with E-state index in [1.165, 1.54) is 24.3 Å². The van der Waals surface area contributed by atoms with Crippen LogP contribution in [0.4, 0.5) is 5.69 Å². The standard InChI is InChI=1S/C18H11ClN2O4/c19-15-10-9-13(21(23)24)11-14(15)17-20-16(18(22)25-17)8-4-7-12-5-2-1-3-6-12/h1-11H. The first-order valence-corrected chi connectivity index (χ1v) is 7.61. The number of cyclic esters (lactones) is 1. The highest BCUT2D eigenvalue weighted by Gasteiger charge is 2.26. The van der Waals surface area contributed by atoms with Gasteiger partial charge in [0.2, 0.25) is 5.90 Å². The summed E-state index contributed by atoms with van der Waals surface area (Å²) in [5, 5.41) is 11.1. The summed E-state index contributed by atoms with van der Waals surface area (Å²) in [6, 6.07) is 13.4. The van der Waals surface area contributed by atoms with Crippen molar-refractivity contribution >= 4 is 35.2 Å². The molecule has 0 amide bonds. The molecule has 1 heterocycles. The lowest BCUT2D eigenvalue weighted by Gasteiger charge is -2.02. The highest BCUT2D eigenvalue weighted by molar-refractivity contribution is 6.34. The van der Waals surface area contributed by atoms with Crippen molar-refractivity contribution in [3.63, 3.8) is 0 Å². The molecule has 2 aromatic rings. The first-order valence-electron chi connectivity index (χ1n) is 7.23. The van der Waals surface area contributed by atoms with E-state index in [1.807, 2.05) is 36.4 Å². The van der Waals surface area contributed by atoms with Crippen molar-refractivity contribution in [2.45, 2.75) is 0 Å². The van der Waals surface area contributed by atoms with Gasteiger partial charge in [-0.2, -0.15) is 0 Å². The Morgan fingerprint density at radius 2 is 1.92 bits per heavy atom. The number of nitro groups is 1. The van der Waals surface area contributed by atoms with Gasteiger partial charge in [-0.1, -0.05) is 54.1 Å². The number of hydrogen-bond donors (Lipinski definition) is 0. The van der Waals surface area contributed by atoms with Crippen LogP contribution in [-0.4, -0.2) is 16.8 Å². The van der Waals surface area contributed by atoms with Crippen LogP contribution >= 0.6 is 11.6 Å². The van der Waals surface area contributed by atoms with Crippen molar-refractivity contribution in [2.24, 2.45) is 4.99 Å². The van der Waals surface area contributed by atoms with Gasteiger partial charge in [0.1, 0.15) is 0 Å². The van der Waals surface area contributed by atoms with Crippen LogP contribution in [-0.2, 0) is 9.53 Å². The Hall–Kier alpha value is -3.25. The normalized spacial score (nSPS) is 15.5. The summed E-state index contributed by atoms with van der Waals surface area (Å²) < 4.78 is 5.08. The summed E-state index contributed by atoms with van der Waals surface area (Å²) in [5.74, 6) is -0.701. The summed E-state index contributed by atoms with van der Waals surface area (Å²) in [4.78, 5) is 26.3. The van der Waals surface area contributed by atoms with Gasteiger partial charge in [-0.15, -0.1) is 0 Å². The third-order valence-corrected chi connectivity index (χ3v) is 3.68. The van der Waals surface area contributed by atoms with E-state index in [1.54, 1.807) is 6.08 Å². The maximum Gasteiger partial charge on any atom is 0.363 e. The van der Waals surface area contributed by atoms with Crippen LogP contribution in [0.5, 0.6) is 0 Å². The third kappa shape index (κ3) is 3.81. The Kier molecular flexibility index (Phi) is 4.72. The molecule has 0 saturated carbocycles. The predicted molar refractivity (Wildman–Crippen MR) is 94.3 cm³/mol. The molecule has 0 atom stereocenters. The number of esters is 1. The molecule has 25 heavy (non-hydrogen) atoms. The topological polar surface area (TPSA) is 81.8 Å². The summed E-state index contributed by atoms with van der Waals surface area (Å²) in [7, 11) is 0. The zero-order valence-electron chi connectivity index (χ0n) is 12.8. The quantitative estimate of drug-likeness (QED) is 0.357. The largest absolute Gasteiger partial charge is 0.402 e. The van der Waals surface area contributed by atoms with E-state index < -0.39 is 10.9 Å². The van der Waals surface area contributed by atoms with Gasteiger partial charge < -0.3 is 4.74 Å². The molecular formula is C18H11ClN2O4. The number of aliphatic imine (C=N–C) groups is 1. The molecule has 1 aliphatic rings. The number of nitrogens with zero attached hydrogens (tertiary/aromatic N) is 2. The average Bonchev–Trinajstić information content (AvgIpc) is 2.97. The Bertz CT molecular complexity index is 933. The van der Waals surface area contributed by atoms with Crippen molar-refractivity contribution in [2.75, 3.05) is 0 Å². The van der Waals surface area contributed by atoms with E-state index in [0.29, 0.717) is 0 Å². The van der Waals surface area contributed by atoms with Gasteiger partial charge in [-0.3, -0.25) is 10.1 Å². The van der Waals surface area contributed by atoms with E-state index in [0.717, 1.165) is 5.56 Å². The monoisotopic (exact) mass is 354 g/mol. The molecule has 2 aromatic carbocycles. The van der Waals surface area contributed by atoms with Crippen LogP contribution in [0.3, 0.4) is 0 Å². The summed E-state index contributed by atoms with van der Waals surface area (Å²) in [5.41, 5.74) is 1.08. The molecule has 0 bridgehead atoms. The van der Waals surface area contributed by atoms with Gasteiger partial charge in [0, 0.05) is 12.1 Å². The van der Waals surface area contributed by atoms with E-state index in [9.17, 15) is 14.9 Å². The average molecular weight is 355 g/mol. The molecule has 0 saturated heterocycles. The maximum absolute atomic E-state index is 11.9. The van der Waals surface area contributed by atoms with Gasteiger partial charge in [-0.05, 0) is 17.7 Å². The third-order valence-electron chi connectivity index (χ3n) is 3.35. The van der Waals surface area contributed by atoms with Crippen LogP contribution in [0.1, 0.15) is 11.1 Å². The summed E-state index contributed by atoms with van der Waals surface area (Å²) in [6.45, 7) is 0. The minimum atomic E-state index is -0.643. The molecular weight excluding hydrogens is 344 g/mol. The van der Waals surface area contributed by atoms with Crippen molar-refractivity contribution in [3.8, 4) is 0 Å². The Morgan fingerprint density at radius 1 is 1.16 bits per heavy atom. The van der Waals surface area contributed by atoms with Crippen LogP contribution in [0.2, 0.25) is 5.02 Å². The number of ether oxygens (including phenoxy) is 1. The number of benzene rings is 2. The van der Waals surface area contributed by atoms with Crippen LogP contribution in [0.25, 0.3) is 6.08 Å². The number of non-ortho nitro benzene ring substituents is 1. The maximum atomic E-state index is 11.9. The lowest BCUT2D eigenvalue weighted by molar-refractivity contribution is -0.384. The zero-order valence-corrected chi connectivity index (χ0v) is 13.5. The SMILES string of the molecule is O=C1OC(c2cc([N+](=O)[O-])ccc2Cl)=NC1=CC=Cc1ccccc1. The fourth-order valence-electron chi connectivity index (χ4n) is 2.14. The van der Waals surface area contributed by atoms with Crippen molar-refractivity contribution in [1.82, 2.24) is 0 Å². The fourth-order valence-corrected chi connectivity index (χ4v) is 2.34. The molecule has 3 rings (SSSR count). The molecule has 7 heteroatoms.